The molecule has 0 unspecified atom stereocenters. The Morgan fingerprint density at radius 3 is 2.64 bits per heavy atom. The Bertz CT molecular complexity index is 796. The van der Waals surface area contributed by atoms with Gasteiger partial charge in [0.05, 0.1) is 0 Å². The van der Waals surface area contributed by atoms with E-state index in [-0.39, 0.29) is 29.3 Å². The average molecular weight is 385 g/mol. The molecule has 8 atom stereocenters. The SMILES string of the molecule is COCO[C@]1(C(C)=O)CC[C@H]2[C@@H]3C=CC4=CC(=O)[C@@H]5C[C@@H]5[C@]4(C)[C@H]3CC[C@@]21C. The van der Waals surface area contributed by atoms with Crippen LogP contribution >= 0.6 is 0 Å². The van der Waals surface area contributed by atoms with Crippen LogP contribution in [0.3, 0.4) is 0 Å². The van der Waals surface area contributed by atoms with Gasteiger partial charge in [-0.1, -0.05) is 26.0 Å². The Morgan fingerprint density at radius 2 is 1.93 bits per heavy atom. The average Bonchev–Trinajstić information content (AvgIpc) is 3.41. The number of ketones is 2. The van der Waals surface area contributed by atoms with E-state index in [0.717, 1.165) is 32.1 Å². The van der Waals surface area contributed by atoms with Crippen molar-refractivity contribution < 1.29 is 19.1 Å². The predicted molar refractivity (Wildman–Crippen MR) is 105 cm³/mol. The van der Waals surface area contributed by atoms with E-state index < -0.39 is 5.60 Å². The molecule has 0 aromatic heterocycles. The zero-order valence-electron chi connectivity index (χ0n) is 17.5. The van der Waals surface area contributed by atoms with Gasteiger partial charge >= 0.3 is 0 Å². The number of rotatable bonds is 4. The lowest BCUT2D eigenvalue weighted by molar-refractivity contribution is -0.197. The fourth-order valence-electron chi connectivity index (χ4n) is 7.97. The van der Waals surface area contributed by atoms with Crippen molar-refractivity contribution >= 4 is 11.6 Å². The molecular weight excluding hydrogens is 352 g/mol. The lowest BCUT2D eigenvalue weighted by Gasteiger charge is -2.57. The molecule has 0 radical (unpaired) electrons. The van der Waals surface area contributed by atoms with E-state index in [4.69, 9.17) is 9.47 Å². The molecule has 4 heteroatoms. The second-order valence-corrected chi connectivity index (χ2v) is 10.3. The highest BCUT2D eigenvalue weighted by molar-refractivity contribution is 5.97. The van der Waals surface area contributed by atoms with E-state index >= 15 is 0 Å². The molecule has 28 heavy (non-hydrogen) atoms. The van der Waals surface area contributed by atoms with E-state index in [0.29, 0.717) is 29.5 Å². The Morgan fingerprint density at radius 1 is 1.18 bits per heavy atom. The fourth-order valence-corrected chi connectivity index (χ4v) is 7.97. The Balaban J connectivity index is 1.53. The number of carbonyl (C=O) groups excluding carboxylic acids is 2. The van der Waals surface area contributed by atoms with Crippen molar-refractivity contribution in [2.75, 3.05) is 13.9 Å². The Hall–Kier alpha value is -1.26. The lowest BCUT2D eigenvalue weighted by Crippen LogP contribution is -2.58. The van der Waals surface area contributed by atoms with Crippen LogP contribution < -0.4 is 0 Å². The number of hydrogen-bond acceptors (Lipinski definition) is 4. The summed E-state index contributed by atoms with van der Waals surface area (Å²) in [5, 5.41) is 0. The fraction of sp³-hybridized carbons (Fsp3) is 0.750. The minimum atomic E-state index is -0.728. The van der Waals surface area contributed by atoms with Crippen LogP contribution in [0.25, 0.3) is 0 Å². The normalized spacial score (nSPS) is 50.9. The topological polar surface area (TPSA) is 52.6 Å². The number of carbonyl (C=O) groups is 2. The molecule has 0 N–H and O–H groups in total. The molecule has 0 heterocycles. The smallest absolute Gasteiger partial charge is 0.162 e. The lowest BCUT2D eigenvalue weighted by atomic mass is 9.47. The van der Waals surface area contributed by atoms with E-state index in [1.54, 1.807) is 14.0 Å². The summed E-state index contributed by atoms with van der Waals surface area (Å²) < 4.78 is 11.4. The molecule has 0 aromatic carbocycles. The van der Waals surface area contributed by atoms with E-state index in [9.17, 15) is 9.59 Å². The van der Waals surface area contributed by atoms with Gasteiger partial charge in [-0.25, -0.2) is 0 Å². The summed E-state index contributed by atoms with van der Waals surface area (Å²) in [6, 6.07) is 0. The summed E-state index contributed by atoms with van der Waals surface area (Å²) in [5.74, 6) is 2.73. The van der Waals surface area contributed by atoms with Gasteiger partial charge in [0.25, 0.3) is 0 Å². The van der Waals surface area contributed by atoms with Gasteiger partial charge in [0.1, 0.15) is 12.4 Å². The van der Waals surface area contributed by atoms with E-state index in [1.807, 2.05) is 6.08 Å². The number of Topliss-reactive ketones (excluding diaryl/α,β-unsaturated/α-hetero) is 1. The van der Waals surface area contributed by atoms with Crippen LogP contribution in [0.15, 0.2) is 23.8 Å². The first-order valence-electron chi connectivity index (χ1n) is 10.9. The number of fused-ring (bicyclic) bond motifs is 7. The molecule has 0 bridgehead atoms. The molecule has 0 spiro atoms. The largest absolute Gasteiger partial charge is 0.359 e. The molecule has 0 aliphatic heterocycles. The van der Waals surface area contributed by atoms with Crippen LogP contribution in [0.4, 0.5) is 0 Å². The summed E-state index contributed by atoms with van der Waals surface area (Å²) in [4.78, 5) is 25.1. The summed E-state index contributed by atoms with van der Waals surface area (Å²) >= 11 is 0. The third kappa shape index (κ3) is 2.09. The minimum absolute atomic E-state index is 0.119. The molecule has 3 saturated carbocycles. The Labute approximate surface area is 167 Å². The van der Waals surface area contributed by atoms with Gasteiger partial charge in [-0.2, -0.15) is 0 Å². The highest BCUT2D eigenvalue weighted by atomic mass is 16.7. The highest BCUT2D eigenvalue weighted by Gasteiger charge is 2.69. The molecule has 4 nitrogen and oxygen atoms in total. The zero-order chi connectivity index (χ0) is 19.9. The van der Waals surface area contributed by atoms with Crippen molar-refractivity contribution in [2.45, 2.75) is 58.5 Å². The van der Waals surface area contributed by atoms with Crippen LogP contribution in [-0.4, -0.2) is 31.1 Å². The van der Waals surface area contributed by atoms with Gasteiger partial charge in [-0.3, -0.25) is 9.59 Å². The van der Waals surface area contributed by atoms with Gasteiger partial charge in [0.15, 0.2) is 11.6 Å². The molecule has 5 rings (SSSR count). The molecular formula is C24H32O4. The van der Waals surface area contributed by atoms with Gasteiger partial charge < -0.3 is 9.47 Å². The minimum Gasteiger partial charge on any atom is -0.359 e. The van der Waals surface area contributed by atoms with Crippen LogP contribution in [0, 0.1) is 40.4 Å². The molecule has 3 fully saturated rings. The Kier molecular flexibility index (Phi) is 3.94. The van der Waals surface area contributed by atoms with Gasteiger partial charge in [0, 0.05) is 18.4 Å². The van der Waals surface area contributed by atoms with Crippen molar-refractivity contribution in [3.8, 4) is 0 Å². The monoisotopic (exact) mass is 384 g/mol. The number of ether oxygens (including phenoxy) is 2. The molecule has 0 amide bonds. The van der Waals surface area contributed by atoms with Crippen LogP contribution in [0.1, 0.15) is 52.9 Å². The summed E-state index contributed by atoms with van der Waals surface area (Å²) in [6.07, 6.45) is 11.5. The number of allylic oxidation sites excluding steroid dienone is 4. The van der Waals surface area contributed by atoms with E-state index in [2.05, 4.69) is 26.0 Å². The second kappa shape index (κ2) is 5.89. The number of methoxy groups -OCH3 is 1. The molecule has 5 aliphatic rings. The predicted octanol–water partition coefficient (Wildman–Crippen LogP) is 4.10. The maximum Gasteiger partial charge on any atom is 0.162 e. The zero-order valence-corrected chi connectivity index (χ0v) is 17.5. The van der Waals surface area contributed by atoms with Gasteiger partial charge in [0.2, 0.25) is 0 Å². The first-order chi connectivity index (χ1) is 13.3. The number of hydrogen-bond donors (Lipinski definition) is 0. The molecule has 0 saturated heterocycles. The van der Waals surface area contributed by atoms with Crippen molar-refractivity contribution in [1.29, 1.82) is 0 Å². The highest BCUT2D eigenvalue weighted by Crippen LogP contribution is 2.71. The standard InChI is InChI=1S/C24H32O4/c1-14(25)24(28-13-27-4)10-8-18-16-6-5-15-11-21(26)17-12-20(17)23(15,3)19(16)7-9-22(18,24)2/h5-6,11,16-20H,7-10,12-13H2,1-4H3/t16-,17+,18-,19-,20-,22-,23-,24-/m0/s1. The maximum absolute atomic E-state index is 12.8. The van der Waals surface area contributed by atoms with Crippen molar-refractivity contribution in [3.05, 3.63) is 23.8 Å². The van der Waals surface area contributed by atoms with Crippen molar-refractivity contribution in [2.24, 2.45) is 40.4 Å². The quantitative estimate of drug-likeness (QED) is 0.685. The molecule has 5 aliphatic carbocycles. The van der Waals surface area contributed by atoms with Crippen LogP contribution in [-0.2, 0) is 19.1 Å². The van der Waals surface area contributed by atoms with E-state index in [1.165, 1.54) is 5.57 Å². The van der Waals surface area contributed by atoms with Crippen LogP contribution in [0.5, 0.6) is 0 Å². The van der Waals surface area contributed by atoms with Gasteiger partial charge in [-0.05, 0) is 79.8 Å². The first kappa shape index (κ1) is 18.7. The third-order valence-corrected chi connectivity index (χ3v) is 9.56. The summed E-state index contributed by atoms with van der Waals surface area (Å²) in [5.41, 5.74) is 0.489. The molecule has 152 valence electrons. The summed E-state index contributed by atoms with van der Waals surface area (Å²) in [6.45, 7) is 6.55. The van der Waals surface area contributed by atoms with Crippen LogP contribution in [0.2, 0.25) is 0 Å². The first-order valence-corrected chi connectivity index (χ1v) is 10.9. The van der Waals surface area contributed by atoms with Crippen molar-refractivity contribution in [1.82, 2.24) is 0 Å². The van der Waals surface area contributed by atoms with Crippen molar-refractivity contribution in [3.63, 3.8) is 0 Å². The summed E-state index contributed by atoms with van der Waals surface area (Å²) in [7, 11) is 1.62. The third-order valence-electron chi connectivity index (χ3n) is 9.56. The van der Waals surface area contributed by atoms with Gasteiger partial charge in [-0.15, -0.1) is 0 Å². The maximum atomic E-state index is 12.8. The second-order valence-electron chi connectivity index (χ2n) is 10.3. The molecule has 0 aromatic rings.